The minimum absolute atomic E-state index is 0.225. The van der Waals surface area contributed by atoms with Crippen molar-refractivity contribution in [2.24, 2.45) is 5.73 Å². The number of hydrogen-bond donors (Lipinski definition) is 2. The Morgan fingerprint density at radius 1 is 1.60 bits per heavy atom. The van der Waals surface area contributed by atoms with Crippen molar-refractivity contribution in [1.82, 2.24) is 0 Å². The Labute approximate surface area is 95.2 Å². The second-order valence-electron chi connectivity index (χ2n) is 3.76. The fourth-order valence-corrected chi connectivity index (χ4v) is 2.57. The van der Waals surface area contributed by atoms with E-state index in [0.717, 1.165) is 18.9 Å². The Morgan fingerprint density at radius 2 is 2.20 bits per heavy atom. The fraction of sp³-hybridized carbons (Fsp3) is 0.400. The van der Waals surface area contributed by atoms with Crippen LogP contribution in [-0.4, -0.2) is 12.2 Å². The van der Waals surface area contributed by atoms with Gasteiger partial charge in [0.25, 0.3) is 0 Å². The van der Waals surface area contributed by atoms with Crippen LogP contribution in [0.2, 0.25) is 0 Å². The molecule has 1 aromatic carbocycles. The molecule has 3 N–H and O–H groups in total. The number of aromatic hydroxyl groups is 1. The third-order valence-electron chi connectivity index (χ3n) is 2.64. The van der Waals surface area contributed by atoms with Gasteiger partial charge in [-0.3, -0.25) is 0 Å². The number of benzene rings is 1. The van der Waals surface area contributed by atoms with Crippen molar-refractivity contribution in [2.45, 2.75) is 18.4 Å². The first-order valence-electron chi connectivity index (χ1n) is 4.54. The van der Waals surface area contributed by atoms with Crippen LogP contribution in [0.3, 0.4) is 0 Å². The predicted octanol–water partition coefficient (Wildman–Crippen LogP) is 2.25. The van der Waals surface area contributed by atoms with Gasteiger partial charge in [-0.05, 0) is 28.8 Å². The van der Waals surface area contributed by atoms with Crippen molar-refractivity contribution < 1.29 is 14.2 Å². The van der Waals surface area contributed by atoms with Crippen LogP contribution < -0.4 is 10.5 Å². The first kappa shape index (κ1) is 10.7. The zero-order valence-electron chi connectivity index (χ0n) is 8.18. The summed E-state index contributed by atoms with van der Waals surface area (Å²) < 4.78 is 19.0. The molecule has 1 aliphatic rings. The highest BCUT2D eigenvalue weighted by atomic mass is 79.9. The first-order chi connectivity index (χ1) is 6.99. The lowest BCUT2D eigenvalue weighted by Gasteiger charge is -2.16. The average Bonchev–Trinajstić information content (AvgIpc) is 2.83. The maximum Gasteiger partial charge on any atom is 0.175 e. The van der Waals surface area contributed by atoms with E-state index in [1.807, 2.05) is 0 Å². The molecule has 1 fully saturated rings. The van der Waals surface area contributed by atoms with Gasteiger partial charge in [0.2, 0.25) is 0 Å². The SMILES string of the molecule is COc1c(O)cc(F)c(C2(N)CC2)c1Br. The molecular weight excluding hydrogens is 265 g/mol. The maximum absolute atomic E-state index is 13.6. The number of methoxy groups -OCH3 is 1. The molecule has 5 heteroatoms. The molecule has 2 rings (SSSR count). The maximum atomic E-state index is 13.6. The van der Waals surface area contributed by atoms with E-state index in [0.29, 0.717) is 10.0 Å². The molecule has 0 heterocycles. The Morgan fingerprint density at radius 3 is 2.67 bits per heavy atom. The standard InChI is InChI=1S/C10H11BrFNO2/c1-15-9-6(14)4-5(12)7(8(9)11)10(13)2-3-10/h4,14H,2-3,13H2,1H3. The zero-order valence-corrected chi connectivity index (χ0v) is 9.77. The van der Waals surface area contributed by atoms with Crippen molar-refractivity contribution in [2.75, 3.05) is 7.11 Å². The lowest BCUT2D eigenvalue weighted by Crippen LogP contribution is -2.21. The molecule has 3 nitrogen and oxygen atoms in total. The predicted molar refractivity (Wildman–Crippen MR) is 57.4 cm³/mol. The summed E-state index contributed by atoms with van der Waals surface area (Å²) in [5.41, 5.74) is 5.72. The summed E-state index contributed by atoms with van der Waals surface area (Å²) in [6.45, 7) is 0. The number of phenolic OH excluding ortho intramolecular Hbond substituents is 1. The highest BCUT2D eigenvalue weighted by Gasteiger charge is 2.44. The molecule has 82 valence electrons. The fourth-order valence-electron chi connectivity index (χ4n) is 1.62. The van der Waals surface area contributed by atoms with E-state index in [4.69, 9.17) is 10.5 Å². The average molecular weight is 276 g/mol. The molecule has 0 bridgehead atoms. The van der Waals surface area contributed by atoms with Crippen LogP contribution in [0.1, 0.15) is 18.4 Å². The van der Waals surface area contributed by atoms with E-state index < -0.39 is 11.4 Å². The second kappa shape index (κ2) is 3.35. The van der Waals surface area contributed by atoms with Crippen LogP contribution in [0.5, 0.6) is 11.5 Å². The van der Waals surface area contributed by atoms with Gasteiger partial charge in [-0.15, -0.1) is 0 Å². The number of rotatable bonds is 2. The molecule has 1 aliphatic carbocycles. The molecule has 0 aliphatic heterocycles. The second-order valence-corrected chi connectivity index (χ2v) is 4.55. The highest BCUT2D eigenvalue weighted by Crippen LogP contribution is 2.50. The summed E-state index contributed by atoms with van der Waals surface area (Å²) in [4.78, 5) is 0. The molecule has 0 unspecified atom stereocenters. The first-order valence-corrected chi connectivity index (χ1v) is 5.33. The largest absolute Gasteiger partial charge is 0.504 e. The van der Waals surface area contributed by atoms with Crippen molar-refractivity contribution in [3.63, 3.8) is 0 Å². The molecule has 1 aromatic rings. The minimum atomic E-state index is -0.607. The van der Waals surface area contributed by atoms with E-state index in [9.17, 15) is 9.50 Å². The Balaban J connectivity index is 2.64. The van der Waals surface area contributed by atoms with Crippen LogP contribution in [0, 0.1) is 5.82 Å². The summed E-state index contributed by atoms with van der Waals surface area (Å²) in [5, 5.41) is 9.45. The number of hydrogen-bond acceptors (Lipinski definition) is 3. The Bertz CT molecular complexity index is 418. The van der Waals surface area contributed by atoms with E-state index in [1.54, 1.807) is 0 Å². The molecule has 0 saturated heterocycles. The summed E-state index contributed by atoms with van der Waals surface area (Å²) in [7, 11) is 1.41. The number of phenols is 1. The van der Waals surface area contributed by atoms with E-state index in [2.05, 4.69) is 15.9 Å². The lowest BCUT2D eigenvalue weighted by molar-refractivity contribution is 0.366. The van der Waals surface area contributed by atoms with Gasteiger partial charge in [-0.2, -0.15) is 0 Å². The molecule has 0 amide bonds. The quantitative estimate of drug-likeness (QED) is 0.871. The molecule has 0 spiro atoms. The van der Waals surface area contributed by atoms with E-state index in [1.165, 1.54) is 7.11 Å². The third kappa shape index (κ3) is 1.59. The Hall–Kier alpha value is -0.810. The number of nitrogens with two attached hydrogens (primary N) is 1. The van der Waals surface area contributed by atoms with E-state index >= 15 is 0 Å². The molecule has 0 atom stereocenters. The number of halogens is 2. The van der Waals surface area contributed by atoms with Crippen LogP contribution >= 0.6 is 15.9 Å². The lowest BCUT2D eigenvalue weighted by atomic mass is 10.0. The molecular formula is C10H11BrFNO2. The van der Waals surface area contributed by atoms with Gasteiger partial charge >= 0.3 is 0 Å². The van der Waals surface area contributed by atoms with Gasteiger partial charge in [-0.25, -0.2) is 4.39 Å². The van der Waals surface area contributed by atoms with Gasteiger partial charge in [-0.1, -0.05) is 0 Å². The topological polar surface area (TPSA) is 55.5 Å². The monoisotopic (exact) mass is 275 g/mol. The van der Waals surface area contributed by atoms with Crippen molar-refractivity contribution in [3.05, 3.63) is 21.9 Å². The van der Waals surface area contributed by atoms with Gasteiger partial charge in [0.15, 0.2) is 11.5 Å². The summed E-state index contributed by atoms with van der Waals surface area (Å²) in [6.07, 6.45) is 1.49. The molecule has 0 radical (unpaired) electrons. The van der Waals surface area contributed by atoms with E-state index in [-0.39, 0.29) is 11.5 Å². The van der Waals surface area contributed by atoms with Gasteiger partial charge < -0.3 is 15.6 Å². The van der Waals surface area contributed by atoms with Crippen LogP contribution in [0.15, 0.2) is 10.5 Å². The summed E-state index contributed by atoms with van der Waals surface area (Å²) >= 11 is 3.21. The van der Waals surface area contributed by atoms with Crippen molar-refractivity contribution >= 4 is 15.9 Å². The van der Waals surface area contributed by atoms with Crippen molar-refractivity contribution in [1.29, 1.82) is 0 Å². The highest BCUT2D eigenvalue weighted by molar-refractivity contribution is 9.10. The molecule has 1 saturated carbocycles. The van der Waals surface area contributed by atoms with Crippen LogP contribution in [0.25, 0.3) is 0 Å². The Kier molecular flexibility index (Phi) is 2.39. The van der Waals surface area contributed by atoms with Crippen LogP contribution in [0.4, 0.5) is 4.39 Å². The number of ether oxygens (including phenoxy) is 1. The summed E-state index contributed by atoms with van der Waals surface area (Å²) in [6, 6.07) is 1.03. The van der Waals surface area contributed by atoms with Crippen molar-refractivity contribution in [3.8, 4) is 11.5 Å². The van der Waals surface area contributed by atoms with Gasteiger partial charge in [0, 0.05) is 17.2 Å². The summed E-state index contributed by atoms with van der Waals surface area (Å²) in [5.74, 6) is -0.502. The third-order valence-corrected chi connectivity index (χ3v) is 3.40. The zero-order chi connectivity index (χ0) is 11.2. The normalized spacial score (nSPS) is 17.6. The van der Waals surface area contributed by atoms with Crippen LogP contribution in [-0.2, 0) is 5.54 Å². The van der Waals surface area contributed by atoms with Gasteiger partial charge in [0.05, 0.1) is 11.6 Å². The molecule has 15 heavy (non-hydrogen) atoms. The minimum Gasteiger partial charge on any atom is -0.504 e. The smallest absolute Gasteiger partial charge is 0.175 e. The molecule has 0 aromatic heterocycles. The van der Waals surface area contributed by atoms with Gasteiger partial charge in [0.1, 0.15) is 5.82 Å².